The maximum atomic E-state index is 11.0. The fourth-order valence-electron chi connectivity index (χ4n) is 1.59. The highest BCUT2D eigenvalue weighted by Crippen LogP contribution is 2.35. The molecule has 1 N–H and O–H groups in total. The summed E-state index contributed by atoms with van der Waals surface area (Å²) in [5, 5.41) is 9.56. The molecule has 0 radical (unpaired) electrons. The van der Waals surface area contributed by atoms with E-state index in [4.69, 9.17) is 9.78 Å². The highest BCUT2D eigenvalue weighted by molar-refractivity contribution is 5.75. The van der Waals surface area contributed by atoms with E-state index in [1.165, 1.54) is 6.92 Å². The lowest BCUT2D eigenvalue weighted by Crippen LogP contribution is -2.44. The molecular formula is C12H20O4. The summed E-state index contributed by atoms with van der Waals surface area (Å²) in [6.45, 7) is 7.04. The third kappa shape index (κ3) is 3.14. The lowest BCUT2D eigenvalue weighted by atomic mass is 9.84. The van der Waals surface area contributed by atoms with Gasteiger partial charge in [0.25, 0.3) is 0 Å². The number of aliphatic hydroxyl groups is 1. The lowest BCUT2D eigenvalue weighted by molar-refractivity contribution is -0.447. The van der Waals surface area contributed by atoms with Gasteiger partial charge in [-0.2, -0.15) is 4.89 Å². The van der Waals surface area contributed by atoms with Crippen molar-refractivity contribution in [2.75, 3.05) is 0 Å². The van der Waals surface area contributed by atoms with Crippen LogP contribution in [0, 0.1) is 5.92 Å². The van der Waals surface area contributed by atoms with Crippen LogP contribution in [0.15, 0.2) is 12.2 Å². The Bertz CT molecular complexity index is 293. The quantitative estimate of drug-likeness (QED) is 0.590. The Morgan fingerprint density at radius 2 is 2.00 bits per heavy atom. The number of hydrogen-bond donors (Lipinski definition) is 1. The van der Waals surface area contributed by atoms with Gasteiger partial charge in [-0.1, -0.05) is 13.8 Å². The van der Waals surface area contributed by atoms with E-state index in [1.54, 1.807) is 19.1 Å². The molecular weight excluding hydrogens is 208 g/mol. The van der Waals surface area contributed by atoms with Crippen LogP contribution in [0.2, 0.25) is 0 Å². The minimum Gasteiger partial charge on any atom is -0.360 e. The van der Waals surface area contributed by atoms with E-state index in [-0.39, 0.29) is 11.7 Å². The molecule has 0 aliphatic carbocycles. The molecule has 0 bridgehead atoms. The second kappa shape index (κ2) is 4.65. The Balaban J connectivity index is 2.80. The van der Waals surface area contributed by atoms with Gasteiger partial charge >= 0.3 is 0 Å². The largest absolute Gasteiger partial charge is 0.360 e. The van der Waals surface area contributed by atoms with E-state index in [2.05, 4.69) is 0 Å². The fourth-order valence-corrected chi connectivity index (χ4v) is 1.59. The predicted octanol–water partition coefficient (Wildman–Crippen LogP) is 1.98. The predicted molar refractivity (Wildman–Crippen MR) is 59.4 cm³/mol. The highest BCUT2D eigenvalue weighted by atomic mass is 17.2. The van der Waals surface area contributed by atoms with Crippen molar-refractivity contribution in [2.24, 2.45) is 5.92 Å². The van der Waals surface area contributed by atoms with Crippen LogP contribution >= 0.6 is 0 Å². The van der Waals surface area contributed by atoms with Crippen LogP contribution in [-0.2, 0) is 14.6 Å². The molecule has 1 rings (SSSR count). The van der Waals surface area contributed by atoms with Crippen molar-refractivity contribution in [3.8, 4) is 0 Å². The van der Waals surface area contributed by atoms with E-state index in [9.17, 15) is 9.90 Å². The monoisotopic (exact) mass is 228 g/mol. The molecule has 0 amide bonds. The van der Waals surface area contributed by atoms with Crippen molar-refractivity contribution in [2.45, 2.75) is 51.9 Å². The molecule has 2 atom stereocenters. The summed E-state index contributed by atoms with van der Waals surface area (Å²) in [5.74, 6) is -1.09. The first-order valence-corrected chi connectivity index (χ1v) is 5.56. The Hall–Kier alpha value is -0.710. The van der Waals surface area contributed by atoms with E-state index in [0.29, 0.717) is 12.8 Å². The minimum atomic E-state index is -1.38. The Morgan fingerprint density at radius 3 is 2.38 bits per heavy atom. The average molecular weight is 228 g/mol. The lowest BCUT2D eigenvalue weighted by Gasteiger charge is -2.39. The standard InChI is InChI=1S/C12H20O4/c1-9(2)12(6-5-10(3)13)8-7-11(4,14)15-16-12/h7-9,14H,5-6H2,1-4H3. The van der Waals surface area contributed by atoms with Gasteiger partial charge in [-0.25, -0.2) is 4.89 Å². The van der Waals surface area contributed by atoms with Crippen LogP contribution in [0.1, 0.15) is 40.5 Å². The van der Waals surface area contributed by atoms with Crippen LogP contribution in [0.25, 0.3) is 0 Å². The topological polar surface area (TPSA) is 55.8 Å². The minimum absolute atomic E-state index is 0.120. The van der Waals surface area contributed by atoms with Crippen molar-refractivity contribution in [1.29, 1.82) is 0 Å². The van der Waals surface area contributed by atoms with Crippen LogP contribution in [0.4, 0.5) is 0 Å². The molecule has 2 unspecified atom stereocenters. The van der Waals surface area contributed by atoms with Crippen LogP contribution < -0.4 is 0 Å². The third-order valence-corrected chi connectivity index (χ3v) is 2.89. The van der Waals surface area contributed by atoms with Crippen LogP contribution in [-0.4, -0.2) is 22.3 Å². The number of carbonyl (C=O) groups excluding carboxylic acids is 1. The Kier molecular flexibility index (Phi) is 3.88. The van der Waals surface area contributed by atoms with Crippen LogP contribution in [0.5, 0.6) is 0 Å². The van der Waals surface area contributed by atoms with Crippen molar-refractivity contribution in [3.63, 3.8) is 0 Å². The van der Waals surface area contributed by atoms with Gasteiger partial charge in [0.15, 0.2) is 0 Å². The van der Waals surface area contributed by atoms with Gasteiger partial charge in [-0.15, -0.1) is 0 Å². The number of rotatable bonds is 4. The summed E-state index contributed by atoms with van der Waals surface area (Å²) in [6.07, 6.45) is 4.36. The normalized spacial score (nSPS) is 34.4. The zero-order chi connectivity index (χ0) is 12.4. The summed E-state index contributed by atoms with van der Waals surface area (Å²) >= 11 is 0. The average Bonchev–Trinajstić information content (AvgIpc) is 2.16. The molecule has 92 valence electrons. The number of Topliss-reactive ketones (excluding diaryl/α,β-unsaturated/α-hetero) is 1. The van der Waals surface area contributed by atoms with Gasteiger partial charge < -0.3 is 9.90 Å². The van der Waals surface area contributed by atoms with Gasteiger partial charge in [-0.05, 0) is 38.3 Å². The Morgan fingerprint density at radius 1 is 1.38 bits per heavy atom. The summed E-state index contributed by atoms with van der Waals surface area (Å²) in [7, 11) is 0. The molecule has 16 heavy (non-hydrogen) atoms. The number of hydrogen-bond acceptors (Lipinski definition) is 4. The molecule has 0 saturated carbocycles. The smallest absolute Gasteiger partial charge is 0.215 e. The summed E-state index contributed by atoms with van der Waals surface area (Å²) in [6, 6.07) is 0. The van der Waals surface area contributed by atoms with Crippen molar-refractivity contribution < 1.29 is 19.7 Å². The van der Waals surface area contributed by atoms with E-state index in [1.807, 2.05) is 13.8 Å². The molecule has 4 heteroatoms. The van der Waals surface area contributed by atoms with E-state index >= 15 is 0 Å². The zero-order valence-corrected chi connectivity index (χ0v) is 10.3. The molecule has 0 aromatic heterocycles. The Labute approximate surface area is 96.2 Å². The molecule has 1 heterocycles. The maximum absolute atomic E-state index is 11.0. The number of ketones is 1. The molecule has 0 spiro atoms. The molecule has 4 nitrogen and oxygen atoms in total. The summed E-state index contributed by atoms with van der Waals surface area (Å²) < 4.78 is 0. The first-order chi connectivity index (χ1) is 7.27. The van der Waals surface area contributed by atoms with Gasteiger partial charge in [0, 0.05) is 6.42 Å². The molecule has 0 fully saturated rings. The van der Waals surface area contributed by atoms with Gasteiger partial charge in [0.2, 0.25) is 5.79 Å². The third-order valence-electron chi connectivity index (χ3n) is 2.89. The molecule has 0 saturated heterocycles. The first kappa shape index (κ1) is 13.4. The zero-order valence-electron chi connectivity index (χ0n) is 10.3. The maximum Gasteiger partial charge on any atom is 0.215 e. The van der Waals surface area contributed by atoms with Crippen molar-refractivity contribution in [3.05, 3.63) is 12.2 Å². The molecule has 1 aliphatic heterocycles. The van der Waals surface area contributed by atoms with Gasteiger partial charge in [0.1, 0.15) is 11.4 Å². The van der Waals surface area contributed by atoms with Gasteiger partial charge in [0.05, 0.1) is 0 Å². The highest BCUT2D eigenvalue weighted by Gasteiger charge is 2.40. The van der Waals surface area contributed by atoms with Crippen molar-refractivity contribution in [1.82, 2.24) is 0 Å². The van der Waals surface area contributed by atoms with E-state index in [0.717, 1.165) is 0 Å². The fraction of sp³-hybridized carbons (Fsp3) is 0.750. The van der Waals surface area contributed by atoms with Crippen molar-refractivity contribution >= 4 is 5.78 Å². The summed E-state index contributed by atoms with van der Waals surface area (Å²) in [5.41, 5.74) is -0.617. The SMILES string of the molecule is CC(=O)CCC1(C(C)C)C=CC(C)(O)OO1. The molecule has 0 aromatic carbocycles. The number of carbonyl (C=O) groups is 1. The van der Waals surface area contributed by atoms with E-state index < -0.39 is 11.4 Å². The second-order valence-electron chi connectivity index (χ2n) is 4.87. The molecule has 0 aromatic rings. The first-order valence-electron chi connectivity index (χ1n) is 5.56. The second-order valence-corrected chi connectivity index (χ2v) is 4.87. The van der Waals surface area contributed by atoms with Gasteiger partial charge in [-0.3, -0.25) is 0 Å². The summed E-state index contributed by atoms with van der Waals surface area (Å²) in [4.78, 5) is 21.2. The molecule has 1 aliphatic rings. The van der Waals surface area contributed by atoms with Crippen LogP contribution in [0.3, 0.4) is 0 Å².